The molecule has 1 aromatic carbocycles. The van der Waals surface area contributed by atoms with Gasteiger partial charge in [-0.15, -0.1) is 6.42 Å². The fourth-order valence-electron chi connectivity index (χ4n) is 5.17. The van der Waals surface area contributed by atoms with Gasteiger partial charge in [0, 0.05) is 17.5 Å². The van der Waals surface area contributed by atoms with Gasteiger partial charge in [0.1, 0.15) is 11.5 Å². The SMILES string of the molecule is C#C/C(=C\C=C(/CC[C@@H]1CCCC2Cc3c(OC)ccc(OC)c3C21)OC)OC. The normalized spacial score (nSPS) is 23.6. The minimum atomic E-state index is 0.499. The lowest BCUT2D eigenvalue weighted by molar-refractivity contribution is 0.205. The van der Waals surface area contributed by atoms with Crippen molar-refractivity contribution in [2.75, 3.05) is 28.4 Å². The highest BCUT2D eigenvalue weighted by molar-refractivity contribution is 5.54. The standard InChI is InChI=1S/C25H32O4/c1-6-19(26-2)12-13-20(27-3)11-10-17-8-7-9-18-16-21-22(28-4)14-15-23(29-5)25(21)24(17)18/h1,12-15,17-18,24H,7-11,16H2,2-5H3/b19-12+,20-13+/t17-,18?,24?/m0/s1. The summed E-state index contributed by atoms with van der Waals surface area (Å²) in [6.45, 7) is 0. The Morgan fingerprint density at radius 1 is 1.07 bits per heavy atom. The molecule has 29 heavy (non-hydrogen) atoms. The highest BCUT2D eigenvalue weighted by atomic mass is 16.5. The molecule has 2 aliphatic rings. The van der Waals surface area contributed by atoms with E-state index in [1.165, 1.54) is 30.4 Å². The maximum atomic E-state index is 5.76. The van der Waals surface area contributed by atoms with E-state index in [1.54, 1.807) is 34.5 Å². The van der Waals surface area contributed by atoms with Gasteiger partial charge in [-0.1, -0.05) is 6.42 Å². The van der Waals surface area contributed by atoms with Crippen molar-refractivity contribution in [2.24, 2.45) is 11.8 Å². The van der Waals surface area contributed by atoms with Crippen molar-refractivity contribution >= 4 is 0 Å². The molecule has 3 atom stereocenters. The molecule has 0 saturated heterocycles. The number of ether oxygens (including phenoxy) is 4. The van der Waals surface area contributed by atoms with Gasteiger partial charge in [-0.3, -0.25) is 0 Å². The number of hydrogen-bond acceptors (Lipinski definition) is 4. The summed E-state index contributed by atoms with van der Waals surface area (Å²) in [6.07, 6.45) is 16.0. The molecule has 4 nitrogen and oxygen atoms in total. The first-order valence-electron chi connectivity index (χ1n) is 10.4. The third kappa shape index (κ3) is 4.40. The fraction of sp³-hybridized carbons (Fsp3) is 0.520. The lowest BCUT2D eigenvalue weighted by Crippen LogP contribution is -2.24. The Balaban J connectivity index is 1.82. The summed E-state index contributed by atoms with van der Waals surface area (Å²) in [5.74, 6) is 7.74. The van der Waals surface area contributed by atoms with Crippen LogP contribution in [0.2, 0.25) is 0 Å². The van der Waals surface area contributed by atoms with E-state index in [2.05, 4.69) is 12.0 Å². The van der Waals surface area contributed by atoms with Crippen LogP contribution in [-0.2, 0) is 15.9 Å². The molecule has 1 saturated carbocycles. The summed E-state index contributed by atoms with van der Waals surface area (Å²) in [5.41, 5.74) is 2.72. The van der Waals surface area contributed by atoms with E-state index in [-0.39, 0.29) is 0 Å². The van der Waals surface area contributed by atoms with Crippen molar-refractivity contribution in [2.45, 2.75) is 44.4 Å². The molecular formula is C25H32O4. The lowest BCUT2D eigenvalue weighted by Gasteiger charge is -2.35. The van der Waals surface area contributed by atoms with Crippen molar-refractivity contribution in [3.63, 3.8) is 0 Å². The van der Waals surface area contributed by atoms with Crippen LogP contribution >= 0.6 is 0 Å². The van der Waals surface area contributed by atoms with Crippen LogP contribution in [0.4, 0.5) is 0 Å². The highest BCUT2D eigenvalue weighted by Gasteiger charge is 2.43. The van der Waals surface area contributed by atoms with Gasteiger partial charge in [0.15, 0.2) is 5.76 Å². The van der Waals surface area contributed by atoms with Crippen LogP contribution in [0.15, 0.2) is 35.8 Å². The molecule has 0 amide bonds. The third-order valence-electron chi connectivity index (χ3n) is 6.49. The molecule has 3 rings (SSSR count). The Hall–Kier alpha value is -2.54. The molecule has 0 N–H and O–H groups in total. The molecule has 0 bridgehead atoms. The van der Waals surface area contributed by atoms with Crippen LogP contribution in [0, 0.1) is 24.2 Å². The largest absolute Gasteiger partial charge is 0.501 e. The van der Waals surface area contributed by atoms with Gasteiger partial charge in [0.05, 0.1) is 34.2 Å². The summed E-state index contributed by atoms with van der Waals surface area (Å²) < 4.78 is 22.1. The first-order valence-corrected chi connectivity index (χ1v) is 10.4. The van der Waals surface area contributed by atoms with Gasteiger partial charge in [0.2, 0.25) is 0 Å². The quantitative estimate of drug-likeness (QED) is 0.342. The van der Waals surface area contributed by atoms with Gasteiger partial charge < -0.3 is 18.9 Å². The van der Waals surface area contributed by atoms with E-state index in [0.29, 0.717) is 23.5 Å². The average molecular weight is 397 g/mol. The number of rotatable bonds is 8. The van der Waals surface area contributed by atoms with Crippen LogP contribution < -0.4 is 9.47 Å². The Bertz CT molecular complexity index is 815. The maximum Gasteiger partial charge on any atom is 0.169 e. The summed E-state index contributed by atoms with van der Waals surface area (Å²) >= 11 is 0. The molecule has 0 heterocycles. The second-order valence-electron chi connectivity index (χ2n) is 7.80. The second-order valence-corrected chi connectivity index (χ2v) is 7.80. The van der Waals surface area contributed by atoms with E-state index in [0.717, 1.165) is 36.5 Å². The van der Waals surface area contributed by atoms with Gasteiger partial charge in [-0.05, 0) is 73.6 Å². The zero-order valence-electron chi connectivity index (χ0n) is 18.0. The van der Waals surface area contributed by atoms with Crippen LogP contribution in [0.5, 0.6) is 11.5 Å². The first-order chi connectivity index (χ1) is 14.2. The Morgan fingerprint density at radius 2 is 1.83 bits per heavy atom. The zero-order valence-corrected chi connectivity index (χ0v) is 18.0. The number of terminal acetylenes is 1. The van der Waals surface area contributed by atoms with E-state index in [1.807, 2.05) is 12.1 Å². The smallest absolute Gasteiger partial charge is 0.169 e. The Labute approximate surface area is 174 Å². The van der Waals surface area contributed by atoms with E-state index >= 15 is 0 Å². The molecule has 0 radical (unpaired) electrons. The molecule has 0 spiro atoms. The molecule has 1 aromatic rings. The van der Waals surface area contributed by atoms with Crippen molar-refractivity contribution < 1.29 is 18.9 Å². The molecule has 0 aromatic heterocycles. The lowest BCUT2D eigenvalue weighted by atomic mass is 9.70. The summed E-state index contributed by atoms with van der Waals surface area (Å²) in [7, 11) is 6.82. The highest BCUT2D eigenvalue weighted by Crippen LogP contribution is 2.55. The van der Waals surface area contributed by atoms with E-state index < -0.39 is 0 Å². The van der Waals surface area contributed by atoms with Crippen molar-refractivity contribution in [3.05, 3.63) is 46.9 Å². The molecule has 2 unspecified atom stereocenters. The maximum absolute atomic E-state index is 5.76. The number of methoxy groups -OCH3 is 4. The molecule has 156 valence electrons. The summed E-state index contributed by atoms with van der Waals surface area (Å²) in [4.78, 5) is 0. The summed E-state index contributed by atoms with van der Waals surface area (Å²) in [6, 6.07) is 4.10. The number of allylic oxidation sites excluding steroid dienone is 4. The number of fused-ring (bicyclic) bond motifs is 3. The van der Waals surface area contributed by atoms with Crippen LogP contribution in [-0.4, -0.2) is 28.4 Å². The fourth-order valence-corrected chi connectivity index (χ4v) is 5.17. The second kappa shape index (κ2) is 9.78. The predicted octanol–water partition coefficient (Wildman–Crippen LogP) is 5.23. The predicted molar refractivity (Wildman–Crippen MR) is 115 cm³/mol. The Morgan fingerprint density at radius 3 is 2.48 bits per heavy atom. The number of benzene rings is 1. The van der Waals surface area contributed by atoms with Crippen molar-refractivity contribution in [1.29, 1.82) is 0 Å². The molecule has 2 aliphatic carbocycles. The van der Waals surface area contributed by atoms with Gasteiger partial charge >= 0.3 is 0 Å². The van der Waals surface area contributed by atoms with E-state index in [4.69, 9.17) is 25.4 Å². The van der Waals surface area contributed by atoms with E-state index in [9.17, 15) is 0 Å². The molecule has 0 aliphatic heterocycles. The summed E-state index contributed by atoms with van der Waals surface area (Å²) in [5, 5.41) is 0. The van der Waals surface area contributed by atoms with Gasteiger partial charge in [-0.2, -0.15) is 0 Å². The van der Waals surface area contributed by atoms with Crippen LogP contribution in [0.1, 0.15) is 49.1 Å². The monoisotopic (exact) mass is 396 g/mol. The van der Waals surface area contributed by atoms with Crippen LogP contribution in [0.25, 0.3) is 0 Å². The minimum Gasteiger partial charge on any atom is -0.501 e. The first kappa shape index (κ1) is 21.2. The minimum absolute atomic E-state index is 0.499. The van der Waals surface area contributed by atoms with Gasteiger partial charge in [-0.25, -0.2) is 0 Å². The van der Waals surface area contributed by atoms with Gasteiger partial charge in [0.25, 0.3) is 0 Å². The molecule has 1 fully saturated rings. The molecular weight excluding hydrogens is 364 g/mol. The third-order valence-corrected chi connectivity index (χ3v) is 6.49. The average Bonchev–Trinajstić information content (AvgIpc) is 3.16. The molecule has 4 heteroatoms. The zero-order chi connectivity index (χ0) is 20.8. The number of hydrogen-bond donors (Lipinski definition) is 0. The van der Waals surface area contributed by atoms with Crippen molar-refractivity contribution in [3.8, 4) is 23.8 Å². The van der Waals surface area contributed by atoms with Crippen molar-refractivity contribution in [1.82, 2.24) is 0 Å². The van der Waals surface area contributed by atoms with Crippen LogP contribution in [0.3, 0.4) is 0 Å². The Kier molecular flexibility index (Phi) is 7.14. The topological polar surface area (TPSA) is 36.9 Å².